The van der Waals surface area contributed by atoms with Crippen molar-refractivity contribution in [2.75, 3.05) is 7.05 Å². The third-order valence-electron chi connectivity index (χ3n) is 3.78. The Hall–Kier alpha value is -2.26. The van der Waals surface area contributed by atoms with Crippen molar-refractivity contribution in [1.82, 2.24) is 10.3 Å². The molecule has 0 bridgehead atoms. The van der Waals surface area contributed by atoms with Gasteiger partial charge in [-0.15, -0.1) is 0 Å². The first-order valence-electron chi connectivity index (χ1n) is 6.97. The summed E-state index contributed by atoms with van der Waals surface area (Å²) in [7, 11) is 1.84. The minimum absolute atomic E-state index is 0.155. The second-order valence-corrected chi connectivity index (χ2v) is 5.16. The maximum atomic E-state index is 14.4. The van der Waals surface area contributed by atoms with Gasteiger partial charge in [0.1, 0.15) is 5.82 Å². The average molecular weight is 280 g/mol. The largest absolute Gasteiger partial charge is 0.309 e. The van der Waals surface area contributed by atoms with Crippen LogP contribution in [0.5, 0.6) is 0 Å². The van der Waals surface area contributed by atoms with Gasteiger partial charge in [-0.2, -0.15) is 0 Å². The van der Waals surface area contributed by atoms with Crippen LogP contribution < -0.4 is 5.32 Å². The van der Waals surface area contributed by atoms with E-state index in [0.717, 1.165) is 16.5 Å². The smallest absolute Gasteiger partial charge is 0.131 e. The molecule has 1 unspecified atom stereocenters. The van der Waals surface area contributed by atoms with Crippen molar-refractivity contribution >= 4 is 10.9 Å². The zero-order chi connectivity index (χ0) is 14.8. The second-order valence-electron chi connectivity index (χ2n) is 5.16. The third kappa shape index (κ3) is 2.52. The number of pyridine rings is 1. The van der Waals surface area contributed by atoms with Crippen LogP contribution in [0.2, 0.25) is 0 Å². The highest BCUT2D eigenvalue weighted by molar-refractivity contribution is 5.79. The van der Waals surface area contributed by atoms with E-state index < -0.39 is 0 Å². The summed E-state index contributed by atoms with van der Waals surface area (Å²) in [4.78, 5) is 4.37. The van der Waals surface area contributed by atoms with Gasteiger partial charge in [-0.25, -0.2) is 4.39 Å². The van der Waals surface area contributed by atoms with Gasteiger partial charge >= 0.3 is 0 Å². The van der Waals surface area contributed by atoms with E-state index in [9.17, 15) is 4.39 Å². The molecule has 0 fully saturated rings. The van der Waals surface area contributed by atoms with Crippen LogP contribution in [0, 0.1) is 12.7 Å². The lowest BCUT2D eigenvalue weighted by Gasteiger charge is -2.19. The molecular formula is C18H17FN2. The van der Waals surface area contributed by atoms with Crippen molar-refractivity contribution in [3.8, 4) is 0 Å². The van der Waals surface area contributed by atoms with Crippen LogP contribution in [-0.2, 0) is 0 Å². The summed E-state index contributed by atoms with van der Waals surface area (Å²) >= 11 is 0. The molecule has 3 heteroatoms. The fraction of sp³-hybridized carbons (Fsp3) is 0.167. The summed E-state index contributed by atoms with van der Waals surface area (Å²) in [5.41, 5.74) is 3.25. The Morgan fingerprint density at radius 2 is 1.95 bits per heavy atom. The lowest BCUT2D eigenvalue weighted by Crippen LogP contribution is -2.19. The van der Waals surface area contributed by atoms with Gasteiger partial charge in [0.25, 0.3) is 0 Å². The molecule has 0 saturated heterocycles. The number of hydrogen-bond donors (Lipinski definition) is 1. The van der Waals surface area contributed by atoms with Crippen molar-refractivity contribution in [3.05, 3.63) is 77.2 Å². The van der Waals surface area contributed by atoms with Gasteiger partial charge in [-0.05, 0) is 37.2 Å². The second kappa shape index (κ2) is 5.62. The average Bonchev–Trinajstić information content (AvgIpc) is 2.52. The Labute approximate surface area is 123 Å². The van der Waals surface area contributed by atoms with Gasteiger partial charge in [0.2, 0.25) is 0 Å². The molecule has 1 heterocycles. The number of rotatable bonds is 3. The number of aryl methyl sites for hydroxylation is 1. The molecule has 2 nitrogen and oxygen atoms in total. The molecule has 1 aromatic heterocycles. The molecule has 0 radical (unpaired) electrons. The number of nitrogens with one attached hydrogen (secondary N) is 1. The van der Waals surface area contributed by atoms with E-state index in [1.165, 1.54) is 0 Å². The van der Waals surface area contributed by atoms with Crippen LogP contribution in [0.4, 0.5) is 4.39 Å². The quantitative estimate of drug-likeness (QED) is 0.784. The van der Waals surface area contributed by atoms with Gasteiger partial charge in [0.15, 0.2) is 0 Å². The molecule has 0 aliphatic rings. The first-order valence-corrected chi connectivity index (χ1v) is 6.97. The maximum absolute atomic E-state index is 14.4. The standard InChI is InChI=1S/C18H17FN2/c1-12-5-3-7-15(17(12)19)18(20-2)14-9-8-13-6-4-10-21-16(13)11-14/h3-11,18,20H,1-2H3. The summed E-state index contributed by atoms with van der Waals surface area (Å²) in [6, 6.07) is 15.3. The Bertz CT molecular complexity index is 783. The number of halogens is 1. The fourth-order valence-corrected chi connectivity index (χ4v) is 2.66. The van der Waals surface area contributed by atoms with Crippen LogP contribution in [0.15, 0.2) is 54.7 Å². The normalized spacial score (nSPS) is 12.5. The van der Waals surface area contributed by atoms with E-state index >= 15 is 0 Å². The highest BCUT2D eigenvalue weighted by Crippen LogP contribution is 2.27. The van der Waals surface area contributed by atoms with E-state index in [4.69, 9.17) is 0 Å². The topological polar surface area (TPSA) is 24.9 Å². The number of fused-ring (bicyclic) bond motifs is 1. The number of hydrogen-bond acceptors (Lipinski definition) is 2. The molecule has 3 aromatic rings. The number of nitrogens with zero attached hydrogens (tertiary/aromatic N) is 1. The van der Waals surface area contributed by atoms with Gasteiger partial charge in [0, 0.05) is 17.1 Å². The van der Waals surface area contributed by atoms with Gasteiger partial charge in [-0.1, -0.05) is 36.4 Å². The minimum atomic E-state index is -0.184. The fourth-order valence-electron chi connectivity index (χ4n) is 2.66. The Balaban J connectivity index is 2.11. The van der Waals surface area contributed by atoms with Crippen molar-refractivity contribution in [1.29, 1.82) is 0 Å². The minimum Gasteiger partial charge on any atom is -0.309 e. The summed E-state index contributed by atoms with van der Waals surface area (Å²) < 4.78 is 14.4. The molecule has 1 atom stereocenters. The van der Waals surface area contributed by atoms with E-state index in [0.29, 0.717) is 11.1 Å². The van der Waals surface area contributed by atoms with Crippen molar-refractivity contribution in [2.45, 2.75) is 13.0 Å². The highest BCUT2D eigenvalue weighted by Gasteiger charge is 2.17. The Morgan fingerprint density at radius 3 is 2.76 bits per heavy atom. The zero-order valence-electron chi connectivity index (χ0n) is 12.1. The monoisotopic (exact) mass is 280 g/mol. The van der Waals surface area contributed by atoms with E-state index in [1.54, 1.807) is 19.2 Å². The predicted molar refractivity (Wildman–Crippen MR) is 83.8 cm³/mol. The van der Waals surface area contributed by atoms with Crippen molar-refractivity contribution < 1.29 is 4.39 Å². The molecule has 21 heavy (non-hydrogen) atoms. The third-order valence-corrected chi connectivity index (χ3v) is 3.78. The molecule has 0 aliphatic heterocycles. The molecule has 106 valence electrons. The molecule has 0 spiro atoms. The van der Waals surface area contributed by atoms with E-state index in [2.05, 4.69) is 10.3 Å². The molecule has 0 saturated carbocycles. The lowest BCUT2D eigenvalue weighted by molar-refractivity contribution is 0.569. The van der Waals surface area contributed by atoms with Crippen LogP contribution in [-0.4, -0.2) is 12.0 Å². The van der Waals surface area contributed by atoms with Gasteiger partial charge < -0.3 is 5.32 Å². The highest BCUT2D eigenvalue weighted by atomic mass is 19.1. The zero-order valence-corrected chi connectivity index (χ0v) is 12.1. The number of aromatic nitrogens is 1. The van der Waals surface area contributed by atoms with Gasteiger partial charge in [-0.3, -0.25) is 4.98 Å². The van der Waals surface area contributed by atoms with Crippen LogP contribution in [0.3, 0.4) is 0 Å². The van der Waals surface area contributed by atoms with E-state index in [1.807, 2.05) is 49.5 Å². The Kier molecular flexibility index (Phi) is 3.67. The molecule has 1 N–H and O–H groups in total. The summed E-state index contributed by atoms with van der Waals surface area (Å²) in [5, 5.41) is 4.28. The molecular weight excluding hydrogens is 263 g/mol. The summed E-state index contributed by atoms with van der Waals surface area (Å²) in [5.74, 6) is -0.155. The van der Waals surface area contributed by atoms with Crippen molar-refractivity contribution in [3.63, 3.8) is 0 Å². The van der Waals surface area contributed by atoms with Crippen LogP contribution in [0.1, 0.15) is 22.7 Å². The SMILES string of the molecule is CNC(c1ccc2cccnc2c1)c1cccc(C)c1F. The first kappa shape index (κ1) is 13.7. The van der Waals surface area contributed by atoms with Crippen LogP contribution in [0.25, 0.3) is 10.9 Å². The molecule has 3 rings (SSSR count). The van der Waals surface area contributed by atoms with Crippen molar-refractivity contribution in [2.24, 2.45) is 0 Å². The molecule has 0 aliphatic carbocycles. The number of benzene rings is 2. The molecule has 2 aromatic carbocycles. The summed E-state index contributed by atoms with van der Waals surface area (Å²) in [6.45, 7) is 1.79. The maximum Gasteiger partial charge on any atom is 0.131 e. The first-order chi connectivity index (χ1) is 10.2. The summed E-state index contributed by atoms with van der Waals surface area (Å²) in [6.07, 6.45) is 1.77. The molecule has 0 amide bonds. The lowest BCUT2D eigenvalue weighted by atomic mass is 9.96. The van der Waals surface area contributed by atoms with E-state index in [-0.39, 0.29) is 11.9 Å². The van der Waals surface area contributed by atoms with Crippen LogP contribution >= 0.6 is 0 Å². The Morgan fingerprint density at radius 1 is 1.10 bits per heavy atom. The predicted octanol–water partition coefficient (Wildman–Crippen LogP) is 3.99. The van der Waals surface area contributed by atoms with Gasteiger partial charge in [0.05, 0.1) is 11.6 Å².